The summed E-state index contributed by atoms with van der Waals surface area (Å²) >= 11 is 0. The molecule has 0 saturated carbocycles. The molecule has 1 aromatic rings. The molecule has 1 atom stereocenters. The fourth-order valence-corrected chi connectivity index (χ4v) is 1.26. The van der Waals surface area contributed by atoms with Crippen LogP contribution in [0.15, 0.2) is 18.3 Å². The summed E-state index contributed by atoms with van der Waals surface area (Å²) in [5, 5.41) is 11.9. The number of carbonyl (C=O) groups is 1. The fourth-order valence-electron chi connectivity index (χ4n) is 1.26. The Balaban J connectivity index is 2.59. The maximum atomic E-state index is 10.7. The van der Waals surface area contributed by atoms with Gasteiger partial charge in [0.1, 0.15) is 5.69 Å². The van der Waals surface area contributed by atoms with Gasteiger partial charge < -0.3 is 15.2 Å². The minimum atomic E-state index is -1.03. The fraction of sp³-hybridized carbons (Fsp3) is 0.455. The Bertz CT molecular complexity index is 355. The highest BCUT2D eigenvalue weighted by molar-refractivity contribution is 5.86. The first kappa shape index (κ1) is 12.4. The van der Waals surface area contributed by atoms with E-state index >= 15 is 0 Å². The number of carboxylic acid groups (broad SMARTS) is 1. The van der Waals surface area contributed by atoms with Crippen molar-refractivity contribution in [3.8, 4) is 0 Å². The molecular weight excluding hydrogens is 208 g/mol. The molecule has 2 N–H and O–H groups in total. The van der Waals surface area contributed by atoms with Crippen LogP contribution in [0, 0.1) is 0 Å². The lowest BCUT2D eigenvalue weighted by atomic mass is 10.3. The largest absolute Gasteiger partial charge is 0.477 e. The van der Waals surface area contributed by atoms with Crippen LogP contribution in [-0.4, -0.2) is 35.3 Å². The minimum absolute atomic E-state index is 0.0357. The van der Waals surface area contributed by atoms with Gasteiger partial charge in [0, 0.05) is 24.5 Å². The van der Waals surface area contributed by atoms with Crippen molar-refractivity contribution in [2.75, 3.05) is 18.5 Å². The molecule has 1 rings (SSSR count). The summed E-state index contributed by atoms with van der Waals surface area (Å²) < 4.78 is 5.25. The van der Waals surface area contributed by atoms with Gasteiger partial charge in [-0.3, -0.25) is 0 Å². The summed E-state index contributed by atoms with van der Waals surface area (Å²) in [6.07, 6.45) is 1.47. The lowest BCUT2D eigenvalue weighted by molar-refractivity contribution is 0.0690. The molecule has 16 heavy (non-hydrogen) atoms. The van der Waals surface area contributed by atoms with Crippen molar-refractivity contribution in [1.29, 1.82) is 0 Å². The number of ether oxygens (including phenoxy) is 1. The monoisotopic (exact) mass is 224 g/mol. The standard InChI is InChI=1S/C11H16N2O3/c1-3-16-7-8(2)13-9-4-5-12-10(6-9)11(14)15/h4-6,8H,3,7H2,1-2H3,(H,12,13)(H,14,15). The topological polar surface area (TPSA) is 71.5 Å². The van der Waals surface area contributed by atoms with Gasteiger partial charge in [-0.05, 0) is 26.0 Å². The predicted octanol–water partition coefficient (Wildman–Crippen LogP) is 1.62. The molecule has 5 heteroatoms. The number of anilines is 1. The molecule has 1 heterocycles. The first-order valence-corrected chi connectivity index (χ1v) is 5.17. The van der Waals surface area contributed by atoms with Gasteiger partial charge in [-0.1, -0.05) is 0 Å². The normalized spacial score (nSPS) is 12.1. The van der Waals surface area contributed by atoms with E-state index in [1.807, 2.05) is 13.8 Å². The van der Waals surface area contributed by atoms with Crippen molar-refractivity contribution < 1.29 is 14.6 Å². The quantitative estimate of drug-likeness (QED) is 0.768. The molecule has 0 bridgehead atoms. The lowest BCUT2D eigenvalue weighted by Gasteiger charge is -2.14. The van der Waals surface area contributed by atoms with E-state index in [1.54, 1.807) is 6.07 Å². The average Bonchev–Trinajstić information content (AvgIpc) is 2.26. The maximum Gasteiger partial charge on any atom is 0.354 e. The Kier molecular flexibility index (Phi) is 4.72. The molecule has 0 aliphatic heterocycles. The van der Waals surface area contributed by atoms with Crippen molar-refractivity contribution in [2.45, 2.75) is 19.9 Å². The van der Waals surface area contributed by atoms with E-state index in [9.17, 15) is 4.79 Å². The molecule has 5 nitrogen and oxygen atoms in total. The predicted molar refractivity (Wildman–Crippen MR) is 60.8 cm³/mol. The number of nitrogens with one attached hydrogen (secondary N) is 1. The molecule has 88 valence electrons. The van der Waals surface area contributed by atoms with Crippen LogP contribution in [0.4, 0.5) is 5.69 Å². The second-order valence-electron chi connectivity index (χ2n) is 3.44. The number of carboxylic acids is 1. The second-order valence-corrected chi connectivity index (χ2v) is 3.44. The molecule has 1 aromatic heterocycles. The van der Waals surface area contributed by atoms with Crippen LogP contribution < -0.4 is 5.32 Å². The summed E-state index contributed by atoms with van der Waals surface area (Å²) in [5.41, 5.74) is 0.771. The molecular formula is C11H16N2O3. The molecule has 0 aromatic carbocycles. The number of aromatic carboxylic acids is 1. The molecule has 0 saturated heterocycles. The molecule has 0 radical (unpaired) electrons. The highest BCUT2D eigenvalue weighted by Gasteiger charge is 2.06. The molecule has 0 fully saturated rings. The van der Waals surface area contributed by atoms with Crippen molar-refractivity contribution in [3.63, 3.8) is 0 Å². The first-order chi connectivity index (χ1) is 7.63. The van der Waals surface area contributed by atoms with E-state index in [0.717, 1.165) is 5.69 Å². The Morgan fingerprint density at radius 3 is 3.06 bits per heavy atom. The maximum absolute atomic E-state index is 10.7. The van der Waals surface area contributed by atoms with E-state index in [1.165, 1.54) is 12.3 Å². The van der Waals surface area contributed by atoms with Crippen LogP contribution >= 0.6 is 0 Å². The number of nitrogens with zero attached hydrogens (tertiary/aromatic N) is 1. The highest BCUT2D eigenvalue weighted by Crippen LogP contribution is 2.09. The van der Waals surface area contributed by atoms with Crippen LogP contribution in [-0.2, 0) is 4.74 Å². The summed E-state index contributed by atoms with van der Waals surface area (Å²) in [7, 11) is 0. The van der Waals surface area contributed by atoms with Gasteiger partial charge in [0.2, 0.25) is 0 Å². The Morgan fingerprint density at radius 1 is 1.69 bits per heavy atom. The minimum Gasteiger partial charge on any atom is -0.477 e. The van der Waals surface area contributed by atoms with Crippen LogP contribution in [0.2, 0.25) is 0 Å². The van der Waals surface area contributed by atoms with Crippen molar-refractivity contribution in [3.05, 3.63) is 24.0 Å². The van der Waals surface area contributed by atoms with Crippen LogP contribution in [0.25, 0.3) is 0 Å². The zero-order valence-electron chi connectivity index (χ0n) is 9.43. The van der Waals surface area contributed by atoms with Gasteiger partial charge in [0.25, 0.3) is 0 Å². The third kappa shape index (κ3) is 3.86. The number of hydrogen-bond donors (Lipinski definition) is 2. The number of hydrogen-bond acceptors (Lipinski definition) is 4. The zero-order valence-corrected chi connectivity index (χ0v) is 9.43. The average molecular weight is 224 g/mol. The van der Waals surface area contributed by atoms with E-state index in [4.69, 9.17) is 9.84 Å². The summed E-state index contributed by atoms with van der Waals surface area (Å²) in [6, 6.07) is 3.36. The smallest absolute Gasteiger partial charge is 0.354 e. The summed E-state index contributed by atoms with van der Waals surface area (Å²) in [6.45, 7) is 5.15. The number of aromatic nitrogens is 1. The van der Waals surface area contributed by atoms with Gasteiger partial charge in [-0.25, -0.2) is 9.78 Å². The zero-order chi connectivity index (χ0) is 12.0. The van der Waals surface area contributed by atoms with Crippen LogP contribution in [0.3, 0.4) is 0 Å². The molecule has 1 unspecified atom stereocenters. The van der Waals surface area contributed by atoms with Gasteiger partial charge in [0.15, 0.2) is 0 Å². The summed E-state index contributed by atoms with van der Waals surface area (Å²) in [4.78, 5) is 14.4. The van der Waals surface area contributed by atoms with Gasteiger partial charge in [-0.15, -0.1) is 0 Å². The molecule has 0 spiro atoms. The third-order valence-corrected chi connectivity index (χ3v) is 1.96. The second kappa shape index (κ2) is 6.07. The summed E-state index contributed by atoms with van der Waals surface area (Å²) in [5.74, 6) is -1.03. The number of pyridine rings is 1. The Labute approximate surface area is 94.5 Å². The number of rotatable bonds is 6. The lowest BCUT2D eigenvalue weighted by Crippen LogP contribution is -2.21. The van der Waals surface area contributed by atoms with E-state index < -0.39 is 5.97 Å². The van der Waals surface area contributed by atoms with Crippen molar-refractivity contribution in [1.82, 2.24) is 4.98 Å². The van der Waals surface area contributed by atoms with Crippen LogP contribution in [0.1, 0.15) is 24.3 Å². The molecule has 0 aliphatic carbocycles. The van der Waals surface area contributed by atoms with Gasteiger partial charge in [0.05, 0.1) is 6.61 Å². The SMILES string of the molecule is CCOCC(C)Nc1ccnc(C(=O)O)c1. The third-order valence-electron chi connectivity index (χ3n) is 1.96. The van der Waals surface area contributed by atoms with E-state index in [0.29, 0.717) is 13.2 Å². The van der Waals surface area contributed by atoms with E-state index in [-0.39, 0.29) is 11.7 Å². The molecule has 0 amide bonds. The Morgan fingerprint density at radius 2 is 2.44 bits per heavy atom. The van der Waals surface area contributed by atoms with Crippen LogP contribution in [0.5, 0.6) is 0 Å². The Hall–Kier alpha value is -1.62. The van der Waals surface area contributed by atoms with E-state index in [2.05, 4.69) is 10.3 Å². The molecule has 0 aliphatic rings. The first-order valence-electron chi connectivity index (χ1n) is 5.17. The van der Waals surface area contributed by atoms with Gasteiger partial charge >= 0.3 is 5.97 Å². The van der Waals surface area contributed by atoms with Gasteiger partial charge in [-0.2, -0.15) is 0 Å². The highest BCUT2D eigenvalue weighted by atomic mass is 16.5. The van der Waals surface area contributed by atoms with Crippen molar-refractivity contribution in [2.24, 2.45) is 0 Å². The van der Waals surface area contributed by atoms with Crippen molar-refractivity contribution >= 4 is 11.7 Å².